The molecule has 2 nitrogen and oxygen atoms in total. The molecule has 118 valence electrons. The zero-order chi connectivity index (χ0) is 16.0. The summed E-state index contributed by atoms with van der Waals surface area (Å²) in [6.45, 7) is 13.5. The first-order valence-electron chi connectivity index (χ1n) is 8.04. The molecule has 0 radical (unpaired) electrons. The lowest BCUT2D eigenvalue weighted by Crippen LogP contribution is -2.22. The number of benzene rings is 1. The van der Waals surface area contributed by atoms with Crippen molar-refractivity contribution in [1.29, 1.82) is 0 Å². The quantitative estimate of drug-likeness (QED) is 0.875. The third kappa shape index (κ3) is 3.42. The van der Waals surface area contributed by atoms with E-state index < -0.39 is 0 Å². The maximum atomic E-state index is 6.52. The van der Waals surface area contributed by atoms with Crippen LogP contribution in [0.5, 0.6) is 5.75 Å². The summed E-state index contributed by atoms with van der Waals surface area (Å²) in [6, 6.07) is 4.68. The van der Waals surface area contributed by atoms with E-state index in [1.165, 1.54) is 29.5 Å². The summed E-state index contributed by atoms with van der Waals surface area (Å²) in [5.41, 5.74) is 10.5. The molecule has 1 atom stereocenters. The number of ether oxygens (including phenoxy) is 1. The van der Waals surface area contributed by atoms with Crippen molar-refractivity contribution >= 4 is 0 Å². The molecule has 1 unspecified atom stereocenters. The van der Waals surface area contributed by atoms with Gasteiger partial charge in [-0.05, 0) is 41.2 Å². The molecule has 1 aromatic rings. The Bertz CT molecular complexity index is 516. The van der Waals surface area contributed by atoms with Gasteiger partial charge in [-0.1, -0.05) is 47.6 Å². The van der Waals surface area contributed by atoms with Gasteiger partial charge >= 0.3 is 0 Å². The van der Waals surface area contributed by atoms with Gasteiger partial charge in [-0.2, -0.15) is 0 Å². The van der Waals surface area contributed by atoms with Crippen LogP contribution < -0.4 is 10.5 Å². The standard InChI is InChI=1S/C19H31NO/c1-18(2,3)13-10-14(16(20)12-8-9-12)17(21-7)15(11-13)19(4,5)6/h10-12,16H,8-9,20H2,1-7H3. The van der Waals surface area contributed by atoms with E-state index in [1.54, 1.807) is 7.11 Å². The zero-order valence-corrected chi connectivity index (χ0v) is 14.7. The second kappa shape index (κ2) is 5.31. The Labute approximate surface area is 130 Å². The van der Waals surface area contributed by atoms with E-state index in [0.29, 0.717) is 5.92 Å². The van der Waals surface area contributed by atoms with E-state index >= 15 is 0 Å². The molecule has 2 N–H and O–H groups in total. The lowest BCUT2D eigenvalue weighted by atomic mass is 9.78. The van der Waals surface area contributed by atoms with Crippen LogP contribution in [0.4, 0.5) is 0 Å². The molecule has 1 aromatic carbocycles. The normalized spacial score (nSPS) is 17.7. The van der Waals surface area contributed by atoms with Gasteiger partial charge < -0.3 is 10.5 Å². The van der Waals surface area contributed by atoms with Gasteiger partial charge in [0.2, 0.25) is 0 Å². The van der Waals surface area contributed by atoms with Gasteiger partial charge in [0.05, 0.1) is 7.11 Å². The number of hydrogen-bond donors (Lipinski definition) is 1. The van der Waals surface area contributed by atoms with Crippen LogP contribution in [0.1, 0.15) is 77.1 Å². The lowest BCUT2D eigenvalue weighted by Gasteiger charge is -2.30. The van der Waals surface area contributed by atoms with Gasteiger partial charge in [0.15, 0.2) is 0 Å². The van der Waals surface area contributed by atoms with E-state index in [1.807, 2.05) is 0 Å². The first-order chi connectivity index (χ1) is 9.55. The van der Waals surface area contributed by atoms with Crippen LogP contribution in [-0.4, -0.2) is 7.11 Å². The second-order valence-corrected chi connectivity index (χ2v) is 8.51. The molecule has 0 bridgehead atoms. The fourth-order valence-electron chi connectivity index (χ4n) is 2.83. The van der Waals surface area contributed by atoms with Crippen molar-refractivity contribution in [3.8, 4) is 5.75 Å². The molecule has 0 aromatic heterocycles. The summed E-state index contributed by atoms with van der Waals surface area (Å²) in [5, 5.41) is 0. The van der Waals surface area contributed by atoms with Crippen LogP contribution in [0.2, 0.25) is 0 Å². The molecule has 0 amide bonds. The minimum absolute atomic E-state index is 0.0463. The fraction of sp³-hybridized carbons (Fsp3) is 0.684. The topological polar surface area (TPSA) is 35.2 Å². The summed E-state index contributed by atoms with van der Waals surface area (Å²) in [6.07, 6.45) is 2.49. The molecule has 21 heavy (non-hydrogen) atoms. The van der Waals surface area contributed by atoms with E-state index in [2.05, 4.69) is 53.7 Å². The molecule has 1 saturated carbocycles. The van der Waals surface area contributed by atoms with Gasteiger partial charge in [-0.3, -0.25) is 0 Å². The summed E-state index contributed by atoms with van der Waals surface area (Å²) in [7, 11) is 1.77. The van der Waals surface area contributed by atoms with Gasteiger partial charge in [0.25, 0.3) is 0 Å². The van der Waals surface area contributed by atoms with Crippen molar-refractivity contribution in [2.24, 2.45) is 11.7 Å². The third-order valence-corrected chi connectivity index (χ3v) is 4.48. The van der Waals surface area contributed by atoms with Crippen molar-refractivity contribution < 1.29 is 4.74 Å². The summed E-state index contributed by atoms with van der Waals surface area (Å²) < 4.78 is 5.79. The molecule has 0 saturated heterocycles. The first kappa shape index (κ1) is 16.4. The maximum absolute atomic E-state index is 6.52. The molecule has 0 spiro atoms. The van der Waals surface area contributed by atoms with Crippen LogP contribution in [0, 0.1) is 5.92 Å². The molecule has 0 aliphatic heterocycles. The Balaban J connectivity index is 2.65. The van der Waals surface area contributed by atoms with Gasteiger partial charge in [-0.15, -0.1) is 0 Å². The smallest absolute Gasteiger partial charge is 0.127 e. The number of nitrogens with two attached hydrogens (primary N) is 1. The molecule has 2 heteroatoms. The van der Waals surface area contributed by atoms with Crippen molar-refractivity contribution in [2.75, 3.05) is 7.11 Å². The van der Waals surface area contributed by atoms with Crippen molar-refractivity contribution in [3.05, 3.63) is 28.8 Å². The third-order valence-electron chi connectivity index (χ3n) is 4.48. The highest BCUT2D eigenvalue weighted by Crippen LogP contribution is 2.46. The molecule has 1 aliphatic carbocycles. The maximum Gasteiger partial charge on any atom is 0.127 e. The number of rotatable bonds is 3. The van der Waals surface area contributed by atoms with Gasteiger partial charge in [0.1, 0.15) is 5.75 Å². The van der Waals surface area contributed by atoms with E-state index in [9.17, 15) is 0 Å². The van der Waals surface area contributed by atoms with Crippen molar-refractivity contribution in [3.63, 3.8) is 0 Å². The van der Waals surface area contributed by atoms with E-state index in [0.717, 1.165) is 5.75 Å². The number of hydrogen-bond acceptors (Lipinski definition) is 2. The van der Waals surface area contributed by atoms with Gasteiger partial charge in [0, 0.05) is 17.2 Å². The molecule has 1 aliphatic rings. The highest BCUT2D eigenvalue weighted by Gasteiger charge is 2.34. The summed E-state index contributed by atoms with van der Waals surface area (Å²) in [4.78, 5) is 0. The SMILES string of the molecule is COc1c(C(N)C2CC2)cc(C(C)(C)C)cc1C(C)(C)C. The second-order valence-electron chi connectivity index (χ2n) is 8.51. The highest BCUT2D eigenvalue weighted by molar-refractivity contribution is 5.51. The fourth-order valence-corrected chi connectivity index (χ4v) is 2.83. The Morgan fingerprint density at radius 3 is 2.00 bits per heavy atom. The van der Waals surface area contributed by atoms with Crippen LogP contribution in [0.3, 0.4) is 0 Å². The first-order valence-corrected chi connectivity index (χ1v) is 8.04. The summed E-state index contributed by atoms with van der Waals surface area (Å²) >= 11 is 0. The molecular weight excluding hydrogens is 258 g/mol. The lowest BCUT2D eigenvalue weighted by molar-refractivity contribution is 0.385. The molecular formula is C19H31NO. The van der Waals surface area contributed by atoms with Crippen LogP contribution in [-0.2, 0) is 10.8 Å². The van der Waals surface area contributed by atoms with Crippen molar-refractivity contribution in [2.45, 2.75) is 71.3 Å². The minimum Gasteiger partial charge on any atom is -0.496 e. The average molecular weight is 289 g/mol. The minimum atomic E-state index is 0.0463. The van der Waals surface area contributed by atoms with Crippen LogP contribution in [0.15, 0.2) is 12.1 Å². The molecule has 1 fully saturated rings. The monoisotopic (exact) mass is 289 g/mol. The zero-order valence-electron chi connectivity index (χ0n) is 14.7. The average Bonchev–Trinajstić information content (AvgIpc) is 3.18. The Hall–Kier alpha value is -1.02. The number of methoxy groups -OCH3 is 1. The molecule has 0 heterocycles. The summed E-state index contributed by atoms with van der Waals surface area (Å²) in [5.74, 6) is 1.62. The molecule has 2 rings (SSSR count). The van der Waals surface area contributed by atoms with E-state index in [-0.39, 0.29) is 16.9 Å². The van der Waals surface area contributed by atoms with Crippen LogP contribution in [0.25, 0.3) is 0 Å². The largest absolute Gasteiger partial charge is 0.496 e. The van der Waals surface area contributed by atoms with Crippen molar-refractivity contribution in [1.82, 2.24) is 0 Å². The predicted molar refractivity (Wildman–Crippen MR) is 90.0 cm³/mol. The van der Waals surface area contributed by atoms with Crippen LogP contribution >= 0.6 is 0 Å². The predicted octanol–water partition coefficient (Wildman–Crippen LogP) is 4.70. The highest BCUT2D eigenvalue weighted by atomic mass is 16.5. The Morgan fingerprint density at radius 2 is 1.62 bits per heavy atom. The Kier molecular flexibility index (Phi) is 4.14. The van der Waals surface area contributed by atoms with E-state index in [4.69, 9.17) is 10.5 Å². The Morgan fingerprint density at radius 1 is 1.05 bits per heavy atom. The van der Waals surface area contributed by atoms with Gasteiger partial charge in [-0.25, -0.2) is 0 Å².